The minimum absolute atomic E-state index is 0.0671. The summed E-state index contributed by atoms with van der Waals surface area (Å²) in [7, 11) is 0. The van der Waals surface area contributed by atoms with Crippen molar-refractivity contribution in [1.29, 1.82) is 0 Å². The highest BCUT2D eigenvalue weighted by Gasteiger charge is 2.61. The van der Waals surface area contributed by atoms with Crippen molar-refractivity contribution in [2.24, 2.45) is 5.92 Å². The molecule has 0 amide bonds. The number of carbonyl (C=O) groups is 1. The topological polar surface area (TPSA) is 38.8 Å². The van der Waals surface area contributed by atoms with Gasteiger partial charge in [0, 0.05) is 11.5 Å². The highest BCUT2D eigenvalue weighted by atomic mass is 16.6. The van der Waals surface area contributed by atoms with Crippen molar-refractivity contribution in [3.05, 3.63) is 23.8 Å². The van der Waals surface area contributed by atoms with Crippen molar-refractivity contribution in [3.63, 3.8) is 0 Å². The Balaban J connectivity index is 1.87. The van der Waals surface area contributed by atoms with E-state index >= 15 is 0 Å². The molecule has 1 aliphatic carbocycles. The van der Waals surface area contributed by atoms with Gasteiger partial charge in [-0.25, -0.2) is 4.79 Å². The van der Waals surface area contributed by atoms with Gasteiger partial charge in [-0.15, -0.1) is 0 Å². The van der Waals surface area contributed by atoms with E-state index in [0.29, 0.717) is 5.57 Å². The Labute approximate surface area is 108 Å². The van der Waals surface area contributed by atoms with Crippen LogP contribution in [0, 0.1) is 5.92 Å². The molecule has 3 heteroatoms. The summed E-state index contributed by atoms with van der Waals surface area (Å²) in [5.41, 5.74) is 1.91. The molecule has 0 radical (unpaired) electrons. The first-order valence-corrected chi connectivity index (χ1v) is 6.74. The summed E-state index contributed by atoms with van der Waals surface area (Å²) < 4.78 is 11.3. The van der Waals surface area contributed by atoms with Crippen molar-refractivity contribution in [3.8, 4) is 0 Å². The SMILES string of the molecule is C=C1C(=O)O[C@H]2[C@H]1CCC(C)=CCC[C@]1(C)O[C@@H]21. The quantitative estimate of drug-likeness (QED) is 0.286. The predicted octanol–water partition coefficient (Wildman–Crippen LogP) is 2.76. The highest BCUT2D eigenvalue weighted by Crippen LogP contribution is 2.49. The minimum Gasteiger partial charge on any atom is -0.455 e. The zero-order valence-corrected chi connectivity index (χ0v) is 11.1. The number of hydrogen-bond donors (Lipinski definition) is 0. The van der Waals surface area contributed by atoms with Crippen LogP contribution in [0.15, 0.2) is 23.8 Å². The molecule has 0 aromatic carbocycles. The van der Waals surface area contributed by atoms with Crippen molar-refractivity contribution in [2.75, 3.05) is 0 Å². The Bertz CT molecular complexity index is 437. The molecule has 98 valence electrons. The van der Waals surface area contributed by atoms with Gasteiger partial charge in [0.1, 0.15) is 12.2 Å². The summed E-state index contributed by atoms with van der Waals surface area (Å²) in [6.07, 6.45) is 6.25. The maximum atomic E-state index is 11.7. The van der Waals surface area contributed by atoms with Crippen LogP contribution in [0.2, 0.25) is 0 Å². The first kappa shape index (κ1) is 12.0. The van der Waals surface area contributed by atoms with Gasteiger partial charge in [-0.1, -0.05) is 18.2 Å². The summed E-state index contributed by atoms with van der Waals surface area (Å²) in [4.78, 5) is 11.7. The standard InChI is InChI=1S/C15H20O3/c1-9-5-4-8-15(3)13(18-15)12-11(7-6-9)10(2)14(16)17-12/h5,11-13H,2,4,6-8H2,1,3H3/t11-,12-,13-,15-/m0/s1. The van der Waals surface area contributed by atoms with Gasteiger partial charge in [0.05, 0.1) is 5.60 Å². The average Bonchev–Trinajstić information content (AvgIpc) is 2.90. The molecule has 2 heterocycles. The van der Waals surface area contributed by atoms with Crippen LogP contribution in [0.3, 0.4) is 0 Å². The van der Waals surface area contributed by atoms with Crippen molar-refractivity contribution < 1.29 is 14.3 Å². The fourth-order valence-corrected chi connectivity index (χ4v) is 3.20. The lowest BCUT2D eigenvalue weighted by atomic mass is 9.84. The maximum absolute atomic E-state index is 11.7. The summed E-state index contributed by atoms with van der Waals surface area (Å²) >= 11 is 0. The van der Waals surface area contributed by atoms with Crippen LogP contribution in [0.4, 0.5) is 0 Å². The first-order valence-electron chi connectivity index (χ1n) is 6.74. The van der Waals surface area contributed by atoms with E-state index in [-0.39, 0.29) is 29.7 Å². The van der Waals surface area contributed by atoms with Gasteiger partial charge in [0.2, 0.25) is 0 Å². The van der Waals surface area contributed by atoms with Crippen LogP contribution in [0.1, 0.15) is 39.5 Å². The molecule has 3 nitrogen and oxygen atoms in total. The third kappa shape index (κ3) is 1.81. The molecule has 0 saturated carbocycles. The second kappa shape index (κ2) is 3.95. The van der Waals surface area contributed by atoms with Crippen molar-refractivity contribution in [1.82, 2.24) is 0 Å². The lowest BCUT2D eigenvalue weighted by Crippen LogP contribution is -2.28. The summed E-state index contributed by atoms with van der Waals surface area (Å²) in [6.45, 7) is 8.17. The zero-order chi connectivity index (χ0) is 12.9. The predicted molar refractivity (Wildman–Crippen MR) is 68.0 cm³/mol. The third-order valence-electron chi connectivity index (χ3n) is 4.57. The largest absolute Gasteiger partial charge is 0.455 e. The van der Waals surface area contributed by atoms with Gasteiger partial charge in [-0.3, -0.25) is 0 Å². The molecule has 0 bridgehead atoms. The lowest BCUT2D eigenvalue weighted by molar-refractivity contribution is -0.140. The molecule has 3 aliphatic rings. The van der Waals surface area contributed by atoms with E-state index in [4.69, 9.17) is 9.47 Å². The minimum atomic E-state index is -0.233. The van der Waals surface area contributed by atoms with E-state index < -0.39 is 0 Å². The molecule has 0 aromatic heterocycles. The molecule has 2 fully saturated rings. The molecule has 18 heavy (non-hydrogen) atoms. The molecule has 2 aliphatic heterocycles. The fraction of sp³-hybridized carbons (Fsp3) is 0.667. The highest BCUT2D eigenvalue weighted by molar-refractivity contribution is 5.91. The molecule has 2 saturated heterocycles. The monoisotopic (exact) mass is 248 g/mol. The lowest BCUT2D eigenvalue weighted by Gasteiger charge is -2.19. The third-order valence-corrected chi connectivity index (χ3v) is 4.57. The number of hydrogen-bond acceptors (Lipinski definition) is 3. The van der Waals surface area contributed by atoms with Crippen molar-refractivity contribution >= 4 is 5.97 Å². The smallest absolute Gasteiger partial charge is 0.334 e. The number of rotatable bonds is 0. The van der Waals surface area contributed by atoms with E-state index in [1.165, 1.54) is 5.57 Å². The number of carbonyl (C=O) groups excluding carboxylic acids is 1. The van der Waals surface area contributed by atoms with E-state index in [0.717, 1.165) is 25.7 Å². The Morgan fingerprint density at radius 1 is 1.50 bits per heavy atom. The van der Waals surface area contributed by atoms with Crippen LogP contribution in [0.25, 0.3) is 0 Å². The van der Waals surface area contributed by atoms with Gasteiger partial charge in [-0.2, -0.15) is 0 Å². The maximum Gasteiger partial charge on any atom is 0.334 e. The molecule has 0 unspecified atom stereocenters. The second-order valence-corrected chi connectivity index (χ2v) is 5.98. The Morgan fingerprint density at radius 2 is 2.28 bits per heavy atom. The number of fused-ring (bicyclic) bond motifs is 3. The molecule has 0 aromatic rings. The van der Waals surface area contributed by atoms with Gasteiger partial charge in [0.25, 0.3) is 0 Å². The van der Waals surface area contributed by atoms with E-state index in [2.05, 4.69) is 26.5 Å². The van der Waals surface area contributed by atoms with Crippen LogP contribution >= 0.6 is 0 Å². The molecule has 0 spiro atoms. The van der Waals surface area contributed by atoms with E-state index in [1.807, 2.05) is 0 Å². The van der Waals surface area contributed by atoms with Gasteiger partial charge < -0.3 is 9.47 Å². The number of ether oxygens (including phenoxy) is 2. The molecule has 0 N–H and O–H groups in total. The Hall–Kier alpha value is -1.09. The van der Waals surface area contributed by atoms with Crippen LogP contribution in [-0.4, -0.2) is 23.8 Å². The number of allylic oxidation sites excluding steroid dienone is 2. The van der Waals surface area contributed by atoms with E-state index in [9.17, 15) is 4.79 Å². The molecule has 3 rings (SSSR count). The van der Waals surface area contributed by atoms with Crippen molar-refractivity contribution in [2.45, 2.75) is 57.3 Å². The van der Waals surface area contributed by atoms with Crippen LogP contribution < -0.4 is 0 Å². The zero-order valence-electron chi connectivity index (χ0n) is 11.1. The molecular formula is C15H20O3. The summed E-state index contributed by atoms with van der Waals surface area (Å²) in [5, 5.41) is 0. The van der Waals surface area contributed by atoms with Gasteiger partial charge >= 0.3 is 5.97 Å². The summed E-state index contributed by atoms with van der Waals surface area (Å²) in [5.74, 6) is -0.102. The normalized spacial score (nSPS) is 43.7. The number of epoxide rings is 1. The average molecular weight is 248 g/mol. The molecule has 4 atom stereocenters. The Morgan fingerprint density at radius 3 is 3.06 bits per heavy atom. The fourth-order valence-electron chi connectivity index (χ4n) is 3.20. The number of esters is 1. The second-order valence-electron chi connectivity index (χ2n) is 5.98. The summed E-state index contributed by atoms with van der Waals surface area (Å²) in [6, 6.07) is 0. The van der Waals surface area contributed by atoms with Gasteiger partial charge in [0.15, 0.2) is 0 Å². The van der Waals surface area contributed by atoms with Gasteiger partial charge in [-0.05, 0) is 39.5 Å². The van der Waals surface area contributed by atoms with Crippen LogP contribution in [0.5, 0.6) is 0 Å². The van der Waals surface area contributed by atoms with Crippen LogP contribution in [-0.2, 0) is 14.3 Å². The van der Waals surface area contributed by atoms with E-state index in [1.54, 1.807) is 0 Å². The molecular weight excluding hydrogens is 228 g/mol. The Kier molecular flexibility index (Phi) is 2.63. The first-order chi connectivity index (χ1) is 8.51.